The average molecular weight is 644 g/mol. The second-order valence-electron chi connectivity index (χ2n) is 10.3. The molecule has 9 nitrogen and oxygen atoms in total. The summed E-state index contributed by atoms with van der Waals surface area (Å²) in [6.45, 7) is 0. The van der Waals surface area contributed by atoms with Crippen LogP contribution in [-0.4, -0.2) is 53.1 Å². The van der Waals surface area contributed by atoms with E-state index in [0.29, 0.717) is 16.6 Å². The third kappa shape index (κ3) is 6.45. The molecule has 0 fully saturated rings. The fourth-order valence-electron chi connectivity index (χ4n) is 5.35. The Morgan fingerprint density at radius 2 is 1.26 bits per heavy atom. The number of nitrogens with one attached hydrogen (secondary N) is 2. The van der Waals surface area contributed by atoms with E-state index < -0.39 is 0 Å². The molecular formula is C37H33N5O4S. The van der Waals surface area contributed by atoms with Crippen LogP contribution in [0.5, 0.6) is 23.0 Å². The number of anilines is 1. The van der Waals surface area contributed by atoms with Gasteiger partial charge in [-0.2, -0.15) is 0 Å². The number of fused-ring (bicyclic) bond motifs is 2. The van der Waals surface area contributed by atoms with E-state index in [1.54, 1.807) is 40.8 Å². The van der Waals surface area contributed by atoms with Gasteiger partial charge in [-0.1, -0.05) is 30.3 Å². The van der Waals surface area contributed by atoms with Gasteiger partial charge in [-0.05, 0) is 84.0 Å². The number of para-hydroxylation sites is 1. The van der Waals surface area contributed by atoms with Crippen LogP contribution in [0.1, 0.15) is 0 Å². The minimum atomic E-state index is 0.557. The summed E-state index contributed by atoms with van der Waals surface area (Å²) >= 11 is 5.65. The molecule has 0 saturated heterocycles. The molecule has 7 rings (SSSR count). The lowest BCUT2D eigenvalue weighted by molar-refractivity contribution is 0.355. The predicted octanol–water partition coefficient (Wildman–Crippen LogP) is 8.21. The number of aromatic amines is 1. The molecule has 0 aliphatic heterocycles. The van der Waals surface area contributed by atoms with Crippen LogP contribution in [-0.2, 0) is 0 Å². The third-order valence-electron chi connectivity index (χ3n) is 7.65. The average Bonchev–Trinajstić information content (AvgIpc) is 3.74. The Bertz CT molecular complexity index is 2160. The van der Waals surface area contributed by atoms with Crippen molar-refractivity contribution in [3.05, 3.63) is 116 Å². The van der Waals surface area contributed by atoms with Gasteiger partial charge in [0.1, 0.15) is 11.3 Å². The summed E-state index contributed by atoms with van der Waals surface area (Å²) in [7, 11) is 6.53. The summed E-state index contributed by atoms with van der Waals surface area (Å²) in [4.78, 5) is 12.0. The molecule has 10 heteroatoms. The van der Waals surface area contributed by atoms with Crippen LogP contribution in [0.25, 0.3) is 44.3 Å². The number of benzene rings is 3. The minimum absolute atomic E-state index is 0.557. The van der Waals surface area contributed by atoms with Crippen molar-refractivity contribution in [3.63, 3.8) is 0 Å². The number of H-pyrrole nitrogens is 1. The minimum Gasteiger partial charge on any atom is -0.493 e. The summed E-state index contributed by atoms with van der Waals surface area (Å²) in [6, 6.07) is 29.5. The second-order valence-corrected chi connectivity index (χ2v) is 10.7. The first-order chi connectivity index (χ1) is 23.0. The van der Waals surface area contributed by atoms with Gasteiger partial charge in [0, 0.05) is 52.4 Å². The molecule has 0 aliphatic rings. The summed E-state index contributed by atoms with van der Waals surface area (Å²) in [5.41, 5.74) is 6.78. The second kappa shape index (κ2) is 14.1. The summed E-state index contributed by atoms with van der Waals surface area (Å²) in [5, 5.41) is 5.92. The van der Waals surface area contributed by atoms with Crippen molar-refractivity contribution in [2.24, 2.45) is 0 Å². The van der Waals surface area contributed by atoms with E-state index >= 15 is 0 Å². The van der Waals surface area contributed by atoms with E-state index in [4.69, 9.17) is 31.2 Å². The molecule has 4 heterocycles. The summed E-state index contributed by atoms with van der Waals surface area (Å²) in [6.07, 6.45) is 7.50. The molecule has 0 spiro atoms. The molecule has 4 aromatic heterocycles. The van der Waals surface area contributed by atoms with Gasteiger partial charge >= 0.3 is 0 Å². The lowest BCUT2D eigenvalue weighted by Gasteiger charge is -2.10. The molecule has 2 N–H and O–H groups in total. The van der Waals surface area contributed by atoms with Crippen LogP contribution in [0.4, 0.5) is 5.69 Å². The number of hydrogen-bond acceptors (Lipinski definition) is 7. The molecule has 0 bridgehead atoms. The van der Waals surface area contributed by atoms with Crippen LogP contribution in [0.3, 0.4) is 0 Å². The molecule has 7 aromatic rings. The molecule has 47 heavy (non-hydrogen) atoms. The van der Waals surface area contributed by atoms with Gasteiger partial charge in [-0.15, -0.1) is 0 Å². The SMILES string of the molecule is COc1ccc(-c2c[nH]c3ncccc23)cc1OC.COc1ccc(-c2cn(C(=S)Nc3ccccc3)c3ncccc23)cc1OC. The fourth-order valence-corrected chi connectivity index (χ4v) is 5.61. The summed E-state index contributed by atoms with van der Waals surface area (Å²) < 4.78 is 23.3. The molecule has 3 aromatic carbocycles. The Balaban J connectivity index is 0.000000177. The number of hydrogen-bond donors (Lipinski definition) is 2. The number of ether oxygens (including phenoxy) is 4. The number of pyridine rings is 2. The Morgan fingerprint density at radius 1 is 0.660 bits per heavy atom. The maximum Gasteiger partial charge on any atom is 0.183 e. The van der Waals surface area contributed by atoms with Gasteiger partial charge in [0.05, 0.1) is 28.4 Å². The van der Waals surface area contributed by atoms with E-state index in [-0.39, 0.29) is 0 Å². The number of rotatable bonds is 7. The Kier molecular flexibility index (Phi) is 9.31. The Hall–Kier alpha value is -5.87. The van der Waals surface area contributed by atoms with E-state index in [1.807, 2.05) is 108 Å². The van der Waals surface area contributed by atoms with Gasteiger partial charge < -0.3 is 29.2 Å². The molecule has 0 aliphatic carbocycles. The lowest BCUT2D eigenvalue weighted by atomic mass is 10.1. The van der Waals surface area contributed by atoms with Crippen molar-refractivity contribution in [1.29, 1.82) is 0 Å². The van der Waals surface area contributed by atoms with Gasteiger partial charge in [-0.25, -0.2) is 9.97 Å². The number of thiocarbonyl (C=S) groups is 1. The largest absolute Gasteiger partial charge is 0.493 e. The van der Waals surface area contributed by atoms with Crippen LogP contribution >= 0.6 is 12.2 Å². The zero-order valence-electron chi connectivity index (χ0n) is 26.4. The highest BCUT2D eigenvalue weighted by Gasteiger charge is 2.16. The standard InChI is InChI=1S/C22H19N3O2S.C15H14N2O2/c1-26-19-11-10-15(13-20(19)27-2)18-14-25(21-17(18)9-6-12-23-21)22(28)24-16-7-4-3-5-8-16;1-18-13-6-5-10(8-14(13)19-2)12-9-17-15-11(12)4-3-7-16-15/h3-14H,1-2H3,(H,24,28);3-9H,1-2H3,(H,16,17). The zero-order valence-corrected chi connectivity index (χ0v) is 27.2. The number of aromatic nitrogens is 4. The van der Waals surface area contributed by atoms with Gasteiger partial charge in [0.15, 0.2) is 28.1 Å². The first kappa shape index (κ1) is 31.1. The molecule has 0 atom stereocenters. The fraction of sp³-hybridized carbons (Fsp3) is 0.108. The van der Waals surface area contributed by atoms with Crippen molar-refractivity contribution < 1.29 is 18.9 Å². The van der Waals surface area contributed by atoms with Crippen LogP contribution < -0.4 is 24.3 Å². The van der Waals surface area contributed by atoms with E-state index in [0.717, 1.165) is 61.5 Å². The summed E-state index contributed by atoms with van der Waals surface area (Å²) in [5.74, 6) is 2.81. The molecule has 0 radical (unpaired) electrons. The van der Waals surface area contributed by atoms with Crippen molar-refractivity contribution in [3.8, 4) is 45.3 Å². The van der Waals surface area contributed by atoms with E-state index in [2.05, 4.69) is 20.3 Å². The van der Waals surface area contributed by atoms with Crippen LogP contribution in [0.2, 0.25) is 0 Å². The Morgan fingerprint density at radius 3 is 1.89 bits per heavy atom. The van der Waals surface area contributed by atoms with Crippen LogP contribution in [0.15, 0.2) is 116 Å². The van der Waals surface area contributed by atoms with E-state index in [9.17, 15) is 0 Å². The molecule has 0 unspecified atom stereocenters. The predicted molar refractivity (Wildman–Crippen MR) is 191 cm³/mol. The normalized spacial score (nSPS) is 10.6. The van der Waals surface area contributed by atoms with Gasteiger partial charge in [0.2, 0.25) is 0 Å². The smallest absolute Gasteiger partial charge is 0.183 e. The quantitative estimate of drug-likeness (QED) is 0.168. The third-order valence-corrected chi connectivity index (χ3v) is 7.95. The first-order valence-corrected chi connectivity index (χ1v) is 15.1. The maximum absolute atomic E-state index is 5.65. The molecular weight excluding hydrogens is 611 g/mol. The van der Waals surface area contributed by atoms with Crippen molar-refractivity contribution in [1.82, 2.24) is 19.5 Å². The zero-order chi connectivity index (χ0) is 32.8. The van der Waals surface area contributed by atoms with Crippen molar-refractivity contribution in [2.45, 2.75) is 0 Å². The molecule has 0 amide bonds. The molecule has 236 valence electrons. The number of nitrogens with zero attached hydrogens (tertiary/aromatic N) is 3. The first-order valence-electron chi connectivity index (χ1n) is 14.7. The molecule has 0 saturated carbocycles. The van der Waals surface area contributed by atoms with Crippen molar-refractivity contribution >= 4 is 45.1 Å². The van der Waals surface area contributed by atoms with Crippen molar-refractivity contribution in [2.75, 3.05) is 33.8 Å². The monoisotopic (exact) mass is 643 g/mol. The lowest BCUT2D eigenvalue weighted by Crippen LogP contribution is -2.18. The highest BCUT2D eigenvalue weighted by Crippen LogP contribution is 2.37. The highest BCUT2D eigenvalue weighted by molar-refractivity contribution is 7.80. The number of methoxy groups -OCH3 is 4. The van der Waals surface area contributed by atoms with Crippen LogP contribution in [0, 0.1) is 0 Å². The maximum atomic E-state index is 5.65. The highest BCUT2D eigenvalue weighted by atomic mass is 32.1. The van der Waals surface area contributed by atoms with E-state index in [1.165, 1.54) is 0 Å². The van der Waals surface area contributed by atoms with Gasteiger partial charge in [0.25, 0.3) is 0 Å². The Labute approximate surface area is 277 Å². The topological polar surface area (TPSA) is 95.5 Å². The van der Waals surface area contributed by atoms with Gasteiger partial charge in [-0.3, -0.25) is 4.57 Å².